The monoisotopic (exact) mass is 1210 g/mol. The van der Waals surface area contributed by atoms with Gasteiger partial charge in [-0.05, 0) is 109 Å². The summed E-state index contributed by atoms with van der Waals surface area (Å²) in [4.78, 5) is 20.8. The predicted molar refractivity (Wildman–Crippen MR) is 370 cm³/mol. The third kappa shape index (κ3) is 10.3. The zero-order valence-electron chi connectivity index (χ0n) is 50.0. The van der Waals surface area contributed by atoms with Crippen LogP contribution < -0.4 is 0 Å². The Kier molecular flexibility index (Phi) is 13.9. The number of fused-ring (bicyclic) bond motifs is 6. The van der Waals surface area contributed by atoms with Gasteiger partial charge in [-0.1, -0.05) is 194 Å². The second-order valence-corrected chi connectivity index (χ2v) is 23.1. The summed E-state index contributed by atoms with van der Waals surface area (Å²) in [6.07, 6.45) is -4.87. The van der Waals surface area contributed by atoms with E-state index in [4.69, 9.17) is 19.9 Å². The minimum absolute atomic E-state index is 0.0920. The molecule has 0 bridgehead atoms. The van der Waals surface area contributed by atoms with Crippen LogP contribution in [0.15, 0.2) is 297 Å². The molecule has 0 aliphatic rings. The number of nitriles is 2. The van der Waals surface area contributed by atoms with Crippen LogP contribution in [-0.4, -0.2) is 29.1 Å². The van der Waals surface area contributed by atoms with Crippen LogP contribution in [0.4, 0.5) is 13.2 Å². The van der Waals surface area contributed by atoms with Crippen LogP contribution in [-0.2, 0) is 6.18 Å². The molecule has 16 aromatic rings. The third-order valence-corrected chi connectivity index (χ3v) is 17.4. The van der Waals surface area contributed by atoms with Crippen molar-refractivity contribution in [2.24, 2.45) is 0 Å². The molecule has 0 aliphatic carbocycles. The average molecular weight is 1220 g/mol. The maximum atomic E-state index is 15.7. The second kappa shape index (κ2) is 23.2. The number of aromatic nitrogens is 6. The van der Waals surface area contributed by atoms with Gasteiger partial charge in [0.05, 0.1) is 108 Å². The fourth-order valence-electron chi connectivity index (χ4n) is 13.0. The number of alkyl halides is 3. The van der Waals surface area contributed by atoms with Gasteiger partial charge < -0.3 is 9.13 Å². The summed E-state index contributed by atoms with van der Waals surface area (Å²) in [6, 6.07) is 99.6. The molecule has 0 unspecified atom stereocenters. The summed E-state index contributed by atoms with van der Waals surface area (Å²) in [6.45, 7) is 0. The van der Waals surface area contributed by atoms with Crippen molar-refractivity contribution < 1.29 is 13.2 Å². The highest BCUT2D eigenvalue weighted by Crippen LogP contribution is 2.47. The van der Waals surface area contributed by atoms with Crippen molar-refractivity contribution in [3.05, 3.63) is 314 Å². The summed E-state index contributed by atoms with van der Waals surface area (Å²) in [7, 11) is 0. The Balaban J connectivity index is 1.03. The quantitative estimate of drug-likeness (QED) is 0.128. The Hall–Kier alpha value is -12.8. The zero-order valence-corrected chi connectivity index (χ0v) is 50.0. The first-order chi connectivity index (χ1) is 46.1. The molecule has 8 nitrogen and oxygen atoms in total. The zero-order chi connectivity index (χ0) is 63.4. The average Bonchev–Trinajstić information content (AvgIpc) is 1.52. The Labute approximate surface area is 538 Å². The Morgan fingerprint density at radius 2 is 0.543 bits per heavy atom. The molecular formula is C83H49F3N8. The van der Waals surface area contributed by atoms with Gasteiger partial charge in [0, 0.05) is 71.6 Å². The fraction of sp³-hybridized carbons (Fsp3) is 0.0120. The van der Waals surface area contributed by atoms with Crippen molar-refractivity contribution in [3.63, 3.8) is 0 Å². The van der Waals surface area contributed by atoms with Gasteiger partial charge in [-0.2, -0.15) is 23.7 Å². The molecule has 0 N–H and O–H groups in total. The van der Waals surface area contributed by atoms with E-state index in [1.54, 1.807) is 12.1 Å². The van der Waals surface area contributed by atoms with Crippen molar-refractivity contribution in [3.8, 4) is 125 Å². The first kappa shape index (κ1) is 56.4. The highest BCUT2D eigenvalue weighted by molar-refractivity contribution is 6.14. The topological polar surface area (TPSA) is 109 Å². The molecule has 16 rings (SSSR count). The lowest BCUT2D eigenvalue weighted by molar-refractivity contribution is -0.137. The Morgan fingerprint density at radius 3 is 0.819 bits per heavy atom. The molecule has 0 aliphatic heterocycles. The van der Waals surface area contributed by atoms with Crippen molar-refractivity contribution in [2.75, 3.05) is 0 Å². The standard InChI is InChI=1S/C83H49F3N8/c84-83(85,86)63-42-52(50-87)41-62(45-63)82-80(93-76-46-58(72-29-13-25-68(89-72)54-17-5-1-6-18-54)33-37-64(76)65-38-34-59(47-77(65)93)73-30-14-26-69(90-73)55-19-7-2-8-20-55)43-53(51-88)44-81(82)94-78-48-60(74-31-15-27-70(91-74)56-21-9-3-10-22-56)35-39-66(78)67-40-36-61(49-79(67)94)75-32-16-28-71(92-75)57-23-11-4-12-24-57/h1-49H. The maximum Gasteiger partial charge on any atom is 0.416 e. The molecule has 11 heteroatoms. The van der Waals surface area contributed by atoms with Crippen molar-refractivity contribution in [1.29, 1.82) is 10.5 Å². The van der Waals surface area contributed by atoms with Crippen LogP contribution >= 0.6 is 0 Å². The minimum atomic E-state index is -4.87. The molecule has 94 heavy (non-hydrogen) atoms. The van der Waals surface area contributed by atoms with Gasteiger partial charge >= 0.3 is 6.18 Å². The van der Waals surface area contributed by atoms with Crippen LogP contribution in [0.1, 0.15) is 16.7 Å². The maximum absolute atomic E-state index is 15.7. The normalized spacial score (nSPS) is 11.5. The van der Waals surface area contributed by atoms with Crippen molar-refractivity contribution in [2.45, 2.75) is 6.18 Å². The lowest BCUT2D eigenvalue weighted by Crippen LogP contribution is -2.08. The highest BCUT2D eigenvalue weighted by atomic mass is 19.4. The fourth-order valence-corrected chi connectivity index (χ4v) is 13.0. The van der Waals surface area contributed by atoms with E-state index < -0.39 is 11.7 Å². The van der Waals surface area contributed by atoms with E-state index in [0.717, 1.165) is 101 Å². The predicted octanol–water partition coefficient (Wildman–Crippen LogP) is 21.2. The highest BCUT2D eigenvalue weighted by Gasteiger charge is 2.33. The van der Waals surface area contributed by atoms with E-state index in [9.17, 15) is 10.5 Å². The van der Waals surface area contributed by atoms with Gasteiger partial charge in [0.25, 0.3) is 0 Å². The molecule has 0 spiro atoms. The third-order valence-electron chi connectivity index (χ3n) is 17.4. The van der Waals surface area contributed by atoms with Crippen molar-refractivity contribution >= 4 is 43.6 Å². The van der Waals surface area contributed by atoms with Crippen LogP contribution in [0.3, 0.4) is 0 Å². The van der Waals surface area contributed by atoms with Gasteiger partial charge in [0.1, 0.15) is 0 Å². The second-order valence-electron chi connectivity index (χ2n) is 23.1. The molecule has 6 aromatic heterocycles. The van der Waals surface area contributed by atoms with Gasteiger partial charge in [-0.25, -0.2) is 19.9 Å². The molecule has 442 valence electrons. The number of halogens is 3. The first-order valence-corrected chi connectivity index (χ1v) is 30.6. The van der Waals surface area contributed by atoms with Crippen LogP contribution in [0, 0.1) is 22.7 Å². The van der Waals surface area contributed by atoms with E-state index in [1.807, 2.05) is 218 Å². The van der Waals surface area contributed by atoms with Crippen molar-refractivity contribution in [1.82, 2.24) is 29.1 Å². The van der Waals surface area contributed by atoms with E-state index in [2.05, 4.69) is 69.8 Å². The molecule has 0 atom stereocenters. The summed E-state index contributed by atoms with van der Waals surface area (Å²) < 4.78 is 51.1. The summed E-state index contributed by atoms with van der Waals surface area (Å²) in [5, 5.41) is 25.7. The lowest BCUT2D eigenvalue weighted by atomic mass is 9.94. The SMILES string of the molecule is N#Cc1cc(-c2c(-n3c4cc(-c5cccc(-c6ccccc6)n5)ccc4c4ccc(-c5cccc(-c6ccccc6)n5)cc43)cc(C#N)cc2-n2c3cc(-c4cccc(-c5ccccc5)n4)ccc3c3ccc(-c4cccc(-c5ccccc5)n4)cc32)cc(C(F)(F)F)c1. The minimum Gasteiger partial charge on any atom is -0.308 e. The molecule has 0 saturated carbocycles. The van der Waals surface area contributed by atoms with Gasteiger partial charge in [0.2, 0.25) is 0 Å². The Morgan fingerprint density at radius 1 is 0.266 bits per heavy atom. The number of rotatable bonds is 11. The molecule has 10 aromatic carbocycles. The van der Waals surface area contributed by atoms with E-state index in [1.165, 1.54) is 6.07 Å². The van der Waals surface area contributed by atoms with E-state index in [0.29, 0.717) is 61.8 Å². The van der Waals surface area contributed by atoms with E-state index in [-0.39, 0.29) is 16.7 Å². The molecule has 6 heterocycles. The molecule has 0 radical (unpaired) electrons. The number of hydrogen-bond acceptors (Lipinski definition) is 6. The smallest absolute Gasteiger partial charge is 0.308 e. The first-order valence-electron chi connectivity index (χ1n) is 30.6. The molecule has 0 saturated heterocycles. The van der Waals surface area contributed by atoms with Crippen LogP contribution in [0.25, 0.3) is 156 Å². The number of pyridine rings is 4. The summed E-state index contributed by atoms with van der Waals surface area (Å²) in [5.74, 6) is 0. The molecular weight excluding hydrogens is 1170 g/mol. The number of nitrogens with zero attached hydrogens (tertiary/aromatic N) is 8. The van der Waals surface area contributed by atoms with Crippen LogP contribution in [0.5, 0.6) is 0 Å². The van der Waals surface area contributed by atoms with Gasteiger partial charge in [0.15, 0.2) is 0 Å². The molecule has 0 fully saturated rings. The largest absolute Gasteiger partial charge is 0.416 e. The summed E-state index contributed by atoms with van der Waals surface area (Å²) >= 11 is 0. The summed E-state index contributed by atoms with van der Waals surface area (Å²) in [5.41, 5.74) is 15.6. The number of hydrogen-bond donors (Lipinski definition) is 0. The van der Waals surface area contributed by atoms with Gasteiger partial charge in [-0.15, -0.1) is 0 Å². The van der Waals surface area contributed by atoms with E-state index >= 15 is 13.2 Å². The lowest BCUT2D eigenvalue weighted by Gasteiger charge is -2.22. The van der Waals surface area contributed by atoms with Gasteiger partial charge in [-0.3, -0.25) is 0 Å². The number of benzene rings is 10. The van der Waals surface area contributed by atoms with Crippen LogP contribution in [0.2, 0.25) is 0 Å². The molecule has 0 amide bonds. The Bertz CT molecular complexity index is 5160.